The lowest BCUT2D eigenvalue weighted by Crippen LogP contribution is -2.24. The molecule has 0 aliphatic carbocycles. The predicted octanol–water partition coefficient (Wildman–Crippen LogP) is 2.86. The molecule has 1 unspecified atom stereocenters. The molecule has 0 bridgehead atoms. The molecular formula is C17H25N3O2. The second-order valence-corrected chi connectivity index (χ2v) is 6.32. The van der Waals surface area contributed by atoms with E-state index in [4.69, 9.17) is 4.74 Å². The Bertz CT molecular complexity index is 646. The first-order chi connectivity index (χ1) is 10.4. The zero-order valence-electron chi connectivity index (χ0n) is 14.0. The van der Waals surface area contributed by atoms with Gasteiger partial charge in [0.2, 0.25) is 0 Å². The van der Waals surface area contributed by atoms with E-state index in [0.717, 1.165) is 16.9 Å². The van der Waals surface area contributed by atoms with Crippen molar-refractivity contribution >= 4 is 17.0 Å². The van der Waals surface area contributed by atoms with Crippen LogP contribution in [0.3, 0.4) is 0 Å². The van der Waals surface area contributed by atoms with E-state index < -0.39 is 0 Å². The molecule has 0 aliphatic heterocycles. The first kappa shape index (κ1) is 16.5. The fourth-order valence-electron chi connectivity index (χ4n) is 2.40. The molecule has 1 aromatic carbocycles. The number of carbonyl (C=O) groups excluding carboxylic acids is 1. The van der Waals surface area contributed by atoms with Gasteiger partial charge in [0.05, 0.1) is 24.2 Å². The van der Waals surface area contributed by atoms with Crippen LogP contribution in [0, 0.1) is 5.92 Å². The molecule has 0 amide bonds. The molecule has 0 aliphatic rings. The lowest BCUT2D eigenvalue weighted by molar-refractivity contribution is -0.148. The van der Waals surface area contributed by atoms with Crippen LogP contribution in [0.5, 0.6) is 0 Å². The Kier molecular flexibility index (Phi) is 5.19. The van der Waals surface area contributed by atoms with Crippen molar-refractivity contribution in [3.63, 3.8) is 0 Å². The van der Waals surface area contributed by atoms with Crippen LogP contribution in [-0.4, -0.2) is 41.1 Å². The molecule has 5 heteroatoms. The first-order valence-corrected chi connectivity index (χ1v) is 7.67. The van der Waals surface area contributed by atoms with E-state index in [1.807, 2.05) is 68.6 Å². The number of nitrogens with zero attached hydrogens (tertiary/aromatic N) is 3. The molecule has 1 heterocycles. The average molecular weight is 303 g/mol. The zero-order chi connectivity index (χ0) is 16.3. The molecule has 0 fully saturated rings. The Hall–Kier alpha value is -1.88. The van der Waals surface area contributed by atoms with Gasteiger partial charge < -0.3 is 14.2 Å². The molecule has 5 nitrogen and oxygen atoms in total. The number of hydrogen-bond acceptors (Lipinski definition) is 4. The summed E-state index contributed by atoms with van der Waals surface area (Å²) < 4.78 is 7.38. The molecule has 2 rings (SSSR count). The van der Waals surface area contributed by atoms with Crippen LogP contribution in [0.4, 0.5) is 0 Å². The Morgan fingerprint density at radius 1 is 1.27 bits per heavy atom. The van der Waals surface area contributed by atoms with Gasteiger partial charge >= 0.3 is 5.97 Å². The average Bonchev–Trinajstić information content (AvgIpc) is 2.80. The van der Waals surface area contributed by atoms with Crippen molar-refractivity contribution in [2.75, 3.05) is 20.7 Å². The summed E-state index contributed by atoms with van der Waals surface area (Å²) in [5.74, 6) is 0.994. The lowest BCUT2D eigenvalue weighted by Gasteiger charge is -2.19. The fourth-order valence-corrected chi connectivity index (χ4v) is 2.40. The molecule has 1 atom stereocenters. The maximum atomic E-state index is 12.3. The van der Waals surface area contributed by atoms with Gasteiger partial charge in [0.1, 0.15) is 11.9 Å². The van der Waals surface area contributed by atoms with Crippen LogP contribution >= 0.6 is 0 Å². The zero-order valence-corrected chi connectivity index (χ0v) is 14.0. The topological polar surface area (TPSA) is 47.4 Å². The number of hydrogen-bond donors (Lipinski definition) is 0. The second-order valence-electron chi connectivity index (χ2n) is 6.32. The van der Waals surface area contributed by atoms with E-state index in [0.29, 0.717) is 19.1 Å². The van der Waals surface area contributed by atoms with Crippen molar-refractivity contribution in [1.82, 2.24) is 14.5 Å². The fraction of sp³-hybridized carbons (Fsp3) is 0.529. The highest BCUT2D eigenvalue weighted by atomic mass is 16.5. The number of fused-ring (bicyclic) bond motifs is 1. The van der Waals surface area contributed by atoms with Crippen molar-refractivity contribution in [2.24, 2.45) is 5.92 Å². The minimum absolute atomic E-state index is 0.211. The third kappa shape index (κ3) is 3.65. The van der Waals surface area contributed by atoms with Gasteiger partial charge in [-0.15, -0.1) is 0 Å². The highest BCUT2D eigenvalue weighted by Gasteiger charge is 2.23. The van der Waals surface area contributed by atoms with Crippen LogP contribution in [0.2, 0.25) is 0 Å². The van der Waals surface area contributed by atoms with E-state index in [1.54, 1.807) is 0 Å². The second kappa shape index (κ2) is 6.92. The summed E-state index contributed by atoms with van der Waals surface area (Å²) in [6.07, 6.45) is 0. The monoisotopic (exact) mass is 303 g/mol. The maximum absolute atomic E-state index is 12.3. The number of benzene rings is 1. The summed E-state index contributed by atoms with van der Waals surface area (Å²) in [5, 5.41) is 0. The van der Waals surface area contributed by atoms with Gasteiger partial charge in [0, 0.05) is 0 Å². The highest BCUT2D eigenvalue weighted by Crippen LogP contribution is 2.23. The number of esters is 1. The van der Waals surface area contributed by atoms with Crippen LogP contribution in [0.15, 0.2) is 24.3 Å². The Balaban J connectivity index is 2.36. The molecule has 0 spiro atoms. The normalized spacial score (nSPS) is 13.0. The van der Waals surface area contributed by atoms with Crippen LogP contribution < -0.4 is 0 Å². The number of carbonyl (C=O) groups is 1. The molecular weight excluding hydrogens is 278 g/mol. The quantitative estimate of drug-likeness (QED) is 0.770. The van der Waals surface area contributed by atoms with E-state index >= 15 is 0 Å². The number of ether oxygens (including phenoxy) is 1. The SMILES string of the molecule is CC(C)COC(=O)C(C)n1c(CN(C)C)nc2ccccc21. The van der Waals surface area contributed by atoms with Crippen molar-refractivity contribution in [2.45, 2.75) is 33.4 Å². The molecule has 0 saturated carbocycles. The molecule has 120 valence electrons. The van der Waals surface area contributed by atoms with Gasteiger partial charge in [-0.1, -0.05) is 26.0 Å². The summed E-state index contributed by atoms with van der Waals surface area (Å²) in [5.41, 5.74) is 1.87. The number of imidazole rings is 1. The van der Waals surface area contributed by atoms with Crippen molar-refractivity contribution in [1.29, 1.82) is 0 Å². The maximum Gasteiger partial charge on any atom is 0.328 e. The molecule has 1 aromatic heterocycles. The van der Waals surface area contributed by atoms with E-state index in [-0.39, 0.29) is 12.0 Å². The van der Waals surface area contributed by atoms with Gasteiger partial charge in [-0.25, -0.2) is 9.78 Å². The molecule has 0 radical (unpaired) electrons. The van der Waals surface area contributed by atoms with Crippen LogP contribution in [0.25, 0.3) is 11.0 Å². The van der Waals surface area contributed by atoms with Gasteiger partial charge in [0.25, 0.3) is 0 Å². The Labute approximate surface area is 131 Å². The minimum atomic E-state index is -0.388. The lowest BCUT2D eigenvalue weighted by atomic mass is 10.2. The minimum Gasteiger partial charge on any atom is -0.464 e. The predicted molar refractivity (Wildman–Crippen MR) is 87.6 cm³/mol. The summed E-state index contributed by atoms with van der Waals surface area (Å²) >= 11 is 0. The third-order valence-electron chi connectivity index (χ3n) is 3.41. The smallest absolute Gasteiger partial charge is 0.328 e. The summed E-state index contributed by atoms with van der Waals surface area (Å²) in [6.45, 7) is 7.05. The van der Waals surface area contributed by atoms with E-state index in [9.17, 15) is 4.79 Å². The Morgan fingerprint density at radius 2 is 1.95 bits per heavy atom. The van der Waals surface area contributed by atoms with Crippen LogP contribution in [-0.2, 0) is 16.1 Å². The third-order valence-corrected chi connectivity index (χ3v) is 3.41. The summed E-state index contributed by atoms with van der Waals surface area (Å²) in [6, 6.07) is 7.50. The van der Waals surface area contributed by atoms with Crippen LogP contribution in [0.1, 0.15) is 32.6 Å². The Morgan fingerprint density at radius 3 is 2.59 bits per heavy atom. The number of rotatable bonds is 6. The van der Waals surface area contributed by atoms with Crippen molar-refractivity contribution in [3.8, 4) is 0 Å². The molecule has 2 aromatic rings. The van der Waals surface area contributed by atoms with Gasteiger partial charge in [-0.05, 0) is 39.1 Å². The van der Waals surface area contributed by atoms with Crippen molar-refractivity contribution < 1.29 is 9.53 Å². The highest BCUT2D eigenvalue weighted by molar-refractivity contribution is 5.81. The van der Waals surface area contributed by atoms with E-state index in [2.05, 4.69) is 4.98 Å². The van der Waals surface area contributed by atoms with Gasteiger partial charge in [-0.3, -0.25) is 0 Å². The first-order valence-electron chi connectivity index (χ1n) is 7.67. The number of para-hydroxylation sites is 2. The standard InChI is InChI=1S/C17H25N3O2/c1-12(2)11-22-17(21)13(3)20-15-9-7-6-8-14(15)18-16(20)10-19(4)5/h6-9,12-13H,10-11H2,1-5H3. The molecule has 0 saturated heterocycles. The van der Waals surface area contributed by atoms with E-state index in [1.165, 1.54) is 0 Å². The van der Waals surface area contributed by atoms with Gasteiger partial charge in [-0.2, -0.15) is 0 Å². The largest absolute Gasteiger partial charge is 0.464 e. The number of aromatic nitrogens is 2. The van der Waals surface area contributed by atoms with Gasteiger partial charge in [0.15, 0.2) is 0 Å². The summed E-state index contributed by atoms with van der Waals surface area (Å²) in [7, 11) is 3.98. The molecule has 22 heavy (non-hydrogen) atoms. The van der Waals surface area contributed by atoms with Crippen molar-refractivity contribution in [3.05, 3.63) is 30.1 Å². The summed E-state index contributed by atoms with van der Waals surface area (Å²) in [4.78, 5) is 19.1. The molecule has 0 N–H and O–H groups in total.